The smallest absolute Gasteiger partial charge is 0.257 e. The maximum Gasteiger partial charge on any atom is 0.257 e. The molecule has 1 aromatic heterocycles. The SMILES string of the molecule is CNCC1CCN(C(=O)c2cccnc2N2CCCC2)CC1.Cl.Cl. The second-order valence-electron chi connectivity index (χ2n) is 6.36. The first-order chi connectivity index (χ1) is 10.8. The van der Waals surface area contributed by atoms with Gasteiger partial charge in [-0.05, 0) is 57.3 Å². The molecule has 7 heteroatoms. The molecule has 24 heavy (non-hydrogen) atoms. The highest BCUT2D eigenvalue weighted by Crippen LogP contribution is 2.25. The molecule has 0 spiro atoms. The number of pyridine rings is 1. The van der Waals surface area contributed by atoms with Crippen LogP contribution < -0.4 is 10.2 Å². The number of carbonyl (C=O) groups is 1. The Morgan fingerprint density at radius 3 is 2.50 bits per heavy atom. The van der Waals surface area contributed by atoms with Crippen LogP contribution in [0.3, 0.4) is 0 Å². The van der Waals surface area contributed by atoms with Crippen LogP contribution in [0.15, 0.2) is 18.3 Å². The van der Waals surface area contributed by atoms with Crippen molar-refractivity contribution in [3.63, 3.8) is 0 Å². The number of carbonyl (C=O) groups excluding carboxylic acids is 1. The van der Waals surface area contributed by atoms with Crippen LogP contribution in [0.5, 0.6) is 0 Å². The van der Waals surface area contributed by atoms with E-state index >= 15 is 0 Å². The van der Waals surface area contributed by atoms with Crippen molar-refractivity contribution >= 4 is 36.5 Å². The molecule has 3 heterocycles. The Morgan fingerprint density at radius 1 is 1.21 bits per heavy atom. The van der Waals surface area contributed by atoms with E-state index in [0.29, 0.717) is 5.92 Å². The third-order valence-corrected chi connectivity index (χ3v) is 4.82. The molecule has 0 aliphatic carbocycles. The Labute approximate surface area is 157 Å². The number of hydrogen-bond acceptors (Lipinski definition) is 4. The van der Waals surface area contributed by atoms with Gasteiger partial charge >= 0.3 is 0 Å². The van der Waals surface area contributed by atoms with E-state index < -0.39 is 0 Å². The Hall–Kier alpha value is -1.04. The van der Waals surface area contributed by atoms with Gasteiger partial charge in [0.25, 0.3) is 5.91 Å². The molecule has 2 fully saturated rings. The molecule has 0 saturated carbocycles. The van der Waals surface area contributed by atoms with Crippen molar-refractivity contribution in [2.75, 3.05) is 44.7 Å². The monoisotopic (exact) mass is 374 g/mol. The molecule has 2 aliphatic heterocycles. The van der Waals surface area contributed by atoms with Crippen molar-refractivity contribution in [2.24, 2.45) is 5.92 Å². The molecule has 136 valence electrons. The van der Waals surface area contributed by atoms with E-state index in [1.165, 1.54) is 12.8 Å². The number of halogens is 2. The molecule has 1 amide bonds. The first-order valence-electron chi connectivity index (χ1n) is 8.43. The number of hydrogen-bond donors (Lipinski definition) is 1. The molecule has 0 radical (unpaired) electrons. The summed E-state index contributed by atoms with van der Waals surface area (Å²) in [7, 11) is 2.00. The number of nitrogens with zero attached hydrogens (tertiary/aromatic N) is 3. The highest BCUT2D eigenvalue weighted by atomic mass is 35.5. The van der Waals surface area contributed by atoms with Gasteiger partial charge in [-0.3, -0.25) is 4.79 Å². The maximum atomic E-state index is 12.9. The van der Waals surface area contributed by atoms with Gasteiger partial charge in [-0.2, -0.15) is 0 Å². The van der Waals surface area contributed by atoms with Crippen LogP contribution >= 0.6 is 24.8 Å². The maximum absolute atomic E-state index is 12.9. The molecule has 2 saturated heterocycles. The molecule has 2 aliphatic rings. The first-order valence-corrected chi connectivity index (χ1v) is 8.43. The largest absolute Gasteiger partial charge is 0.356 e. The second-order valence-corrected chi connectivity index (χ2v) is 6.36. The zero-order valence-corrected chi connectivity index (χ0v) is 15.9. The highest BCUT2D eigenvalue weighted by Gasteiger charge is 2.27. The normalized spacial score (nSPS) is 18.0. The van der Waals surface area contributed by atoms with Crippen LogP contribution in [0.1, 0.15) is 36.0 Å². The van der Waals surface area contributed by atoms with Gasteiger partial charge in [0.2, 0.25) is 0 Å². The van der Waals surface area contributed by atoms with E-state index in [-0.39, 0.29) is 30.7 Å². The predicted octanol–water partition coefficient (Wildman–Crippen LogP) is 2.60. The van der Waals surface area contributed by atoms with Crippen molar-refractivity contribution in [2.45, 2.75) is 25.7 Å². The quantitative estimate of drug-likeness (QED) is 0.879. The van der Waals surface area contributed by atoms with E-state index in [1.807, 2.05) is 24.1 Å². The van der Waals surface area contributed by atoms with Gasteiger partial charge in [-0.15, -0.1) is 24.8 Å². The van der Waals surface area contributed by atoms with Gasteiger partial charge in [0.05, 0.1) is 5.56 Å². The van der Waals surface area contributed by atoms with E-state index in [0.717, 1.165) is 56.9 Å². The lowest BCUT2D eigenvalue weighted by atomic mass is 9.96. The van der Waals surface area contributed by atoms with Gasteiger partial charge in [0, 0.05) is 32.4 Å². The van der Waals surface area contributed by atoms with Crippen LogP contribution in [0.4, 0.5) is 5.82 Å². The van der Waals surface area contributed by atoms with Crippen molar-refractivity contribution in [1.82, 2.24) is 15.2 Å². The summed E-state index contributed by atoms with van der Waals surface area (Å²) < 4.78 is 0. The second kappa shape index (κ2) is 10.1. The Bertz CT molecular complexity index is 515. The number of rotatable bonds is 4. The number of likely N-dealkylation sites (tertiary alicyclic amines) is 1. The summed E-state index contributed by atoms with van der Waals surface area (Å²) in [5.74, 6) is 1.72. The van der Waals surface area contributed by atoms with Crippen LogP contribution in [-0.4, -0.2) is 55.6 Å². The zero-order chi connectivity index (χ0) is 15.4. The number of piperidine rings is 1. The van der Waals surface area contributed by atoms with Crippen LogP contribution in [0.25, 0.3) is 0 Å². The third-order valence-electron chi connectivity index (χ3n) is 4.82. The standard InChI is InChI=1S/C17H26N4O.2ClH/c1-18-13-14-6-11-21(12-7-14)17(22)15-5-4-8-19-16(15)20-9-2-3-10-20;;/h4-5,8,14,18H,2-3,6-7,9-13H2,1H3;2*1H. The summed E-state index contributed by atoms with van der Waals surface area (Å²) in [6, 6.07) is 3.81. The minimum atomic E-state index is 0. The third kappa shape index (κ3) is 4.74. The van der Waals surface area contributed by atoms with E-state index in [2.05, 4.69) is 15.2 Å². The molecule has 3 rings (SSSR count). The average Bonchev–Trinajstić information content (AvgIpc) is 3.10. The highest BCUT2D eigenvalue weighted by molar-refractivity contribution is 5.99. The fraction of sp³-hybridized carbons (Fsp3) is 0.647. The zero-order valence-electron chi connectivity index (χ0n) is 14.2. The number of anilines is 1. The van der Waals surface area contributed by atoms with E-state index in [9.17, 15) is 4.79 Å². The fourth-order valence-electron chi connectivity index (χ4n) is 3.54. The number of nitrogens with one attached hydrogen (secondary N) is 1. The lowest BCUT2D eigenvalue weighted by Gasteiger charge is -2.32. The molecule has 0 aromatic carbocycles. The van der Waals surface area contributed by atoms with E-state index in [1.54, 1.807) is 6.20 Å². The Balaban J connectivity index is 0.00000144. The summed E-state index contributed by atoms with van der Waals surface area (Å²) in [5.41, 5.74) is 0.775. The molecule has 1 N–H and O–H groups in total. The fourth-order valence-corrected chi connectivity index (χ4v) is 3.54. The van der Waals surface area contributed by atoms with Crippen molar-refractivity contribution < 1.29 is 4.79 Å². The molecular weight excluding hydrogens is 347 g/mol. The predicted molar refractivity (Wildman–Crippen MR) is 103 cm³/mol. The molecule has 0 bridgehead atoms. The van der Waals surface area contributed by atoms with Crippen molar-refractivity contribution in [3.05, 3.63) is 23.9 Å². The number of amides is 1. The summed E-state index contributed by atoms with van der Waals surface area (Å²) in [5, 5.41) is 3.24. The van der Waals surface area contributed by atoms with Gasteiger partial charge in [-0.25, -0.2) is 4.98 Å². The number of aromatic nitrogens is 1. The van der Waals surface area contributed by atoms with Crippen LogP contribution in [-0.2, 0) is 0 Å². The van der Waals surface area contributed by atoms with E-state index in [4.69, 9.17) is 0 Å². The molecular formula is C17H28Cl2N4O. The van der Waals surface area contributed by atoms with Crippen LogP contribution in [0, 0.1) is 5.92 Å². The molecule has 5 nitrogen and oxygen atoms in total. The van der Waals surface area contributed by atoms with Crippen molar-refractivity contribution in [3.8, 4) is 0 Å². The minimum Gasteiger partial charge on any atom is -0.356 e. The Morgan fingerprint density at radius 2 is 1.88 bits per heavy atom. The van der Waals surface area contributed by atoms with Crippen LogP contribution in [0.2, 0.25) is 0 Å². The lowest BCUT2D eigenvalue weighted by molar-refractivity contribution is 0.0691. The van der Waals surface area contributed by atoms with Gasteiger partial charge < -0.3 is 15.1 Å². The average molecular weight is 375 g/mol. The molecule has 1 aromatic rings. The Kier molecular flexibility index (Phi) is 8.81. The molecule has 0 atom stereocenters. The minimum absolute atomic E-state index is 0. The summed E-state index contributed by atoms with van der Waals surface area (Å²) in [6.07, 6.45) is 6.36. The summed E-state index contributed by atoms with van der Waals surface area (Å²) >= 11 is 0. The first kappa shape index (κ1) is 21.0. The summed E-state index contributed by atoms with van der Waals surface area (Å²) in [4.78, 5) is 21.6. The van der Waals surface area contributed by atoms with Crippen molar-refractivity contribution in [1.29, 1.82) is 0 Å². The van der Waals surface area contributed by atoms with Gasteiger partial charge in [-0.1, -0.05) is 0 Å². The van der Waals surface area contributed by atoms with Gasteiger partial charge in [0.15, 0.2) is 0 Å². The summed E-state index contributed by atoms with van der Waals surface area (Å²) in [6.45, 7) is 4.80. The topological polar surface area (TPSA) is 48.5 Å². The van der Waals surface area contributed by atoms with Gasteiger partial charge in [0.1, 0.15) is 5.82 Å². The molecule has 0 unspecified atom stereocenters. The lowest BCUT2D eigenvalue weighted by Crippen LogP contribution is -2.41.